The fourth-order valence-corrected chi connectivity index (χ4v) is 6.91. The predicted molar refractivity (Wildman–Crippen MR) is 168 cm³/mol. The maximum Gasteiger partial charge on any atom is 0.264 e. The van der Waals surface area contributed by atoms with Crippen molar-refractivity contribution in [2.24, 2.45) is 0 Å². The summed E-state index contributed by atoms with van der Waals surface area (Å²) in [6.45, 7) is 1.52. The van der Waals surface area contributed by atoms with Crippen molar-refractivity contribution >= 4 is 50.1 Å². The molecule has 0 saturated heterocycles. The molecule has 0 spiro atoms. The van der Waals surface area contributed by atoms with Gasteiger partial charge in [0, 0.05) is 16.2 Å². The highest BCUT2D eigenvalue weighted by Gasteiger charge is 2.34. The van der Waals surface area contributed by atoms with Crippen LogP contribution >= 0.6 is 22.6 Å². The monoisotopic (exact) mass is 689 g/mol. The highest BCUT2D eigenvalue weighted by Crippen LogP contribution is 2.26. The van der Waals surface area contributed by atoms with E-state index in [1.54, 1.807) is 49.6 Å². The lowest BCUT2D eigenvalue weighted by Gasteiger charge is -2.33. The third-order valence-corrected chi connectivity index (χ3v) is 9.81. The molecule has 4 rings (SSSR count). The van der Waals surface area contributed by atoms with E-state index in [-0.39, 0.29) is 23.4 Å². The summed E-state index contributed by atoms with van der Waals surface area (Å²) in [6.07, 6.45) is 4.35. The number of rotatable bonds is 12. The summed E-state index contributed by atoms with van der Waals surface area (Å²) in [5.74, 6) is -0.0628. The molecule has 3 aromatic rings. The predicted octanol–water partition coefficient (Wildman–Crippen LogP) is 5.36. The van der Waals surface area contributed by atoms with E-state index in [4.69, 9.17) is 4.74 Å². The molecule has 1 aliphatic carbocycles. The van der Waals surface area contributed by atoms with Gasteiger partial charge in [0.25, 0.3) is 10.0 Å². The van der Waals surface area contributed by atoms with Gasteiger partial charge in [0.15, 0.2) is 0 Å². The van der Waals surface area contributed by atoms with Crippen LogP contribution in [0.2, 0.25) is 0 Å². The minimum atomic E-state index is -4.09. The Kier molecular flexibility index (Phi) is 10.7. The number of hydrogen-bond acceptors (Lipinski definition) is 5. The average Bonchev–Trinajstić information content (AvgIpc) is 3.49. The van der Waals surface area contributed by atoms with E-state index in [9.17, 15) is 18.0 Å². The quantitative estimate of drug-likeness (QED) is 0.259. The normalized spacial score (nSPS) is 14.3. The number of nitrogens with one attached hydrogen (secondary N) is 1. The van der Waals surface area contributed by atoms with Gasteiger partial charge >= 0.3 is 0 Å². The van der Waals surface area contributed by atoms with Gasteiger partial charge in [-0.25, -0.2) is 8.42 Å². The molecule has 0 bridgehead atoms. The Hall–Kier alpha value is -3.12. The lowest BCUT2D eigenvalue weighted by Crippen LogP contribution is -2.53. The summed E-state index contributed by atoms with van der Waals surface area (Å²) >= 11 is 2.15. The van der Waals surface area contributed by atoms with Crippen LogP contribution in [0.3, 0.4) is 0 Å². The van der Waals surface area contributed by atoms with Crippen molar-refractivity contribution in [2.45, 2.75) is 62.6 Å². The topological polar surface area (TPSA) is 96.0 Å². The fraction of sp³-hybridized carbons (Fsp3) is 0.355. The van der Waals surface area contributed by atoms with Crippen molar-refractivity contribution in [3.63, 3.8) is 0 Å². The molecule has 41 heavy (non-hydrogen) atoms. The molecule has 1 aliphatic rings. The van der Waals surface area contributed by atoms with Crippen LogP contribution in [-0.2, 0) is 26.2 Å². The number of anilines is 1. The maximum atomic E-state index is 14.2. The van der Waals surface area contributed by atoms with Crippen LogP contribution in [0, 0.1) is 3.57 Å². The van der Waals surface area contributed by atoms with Crippen molar-refractivity contribution in [3.8, 4) is 5.75 Å². The minimum Gasteiger partial charge on any atom is -0.497 e. The first-order valence-corrected chi connectivity index (χ1v) is 16.3. The third-order valence-electron chi connectivity index (χ3n) is 7.30. The molecule has 1 fully saturated rings. The van der Waals surface area contributed by atoms with Crippen LogP contribution in [-0.4, -0.2) is 50.9 Å². The van der Waals surface area contributed by atoms with E-state index in [1.165, 1.54) is 17.0 Å². The van der Waals surface area contributed by atoms with Crippen LogP contribution in [0.4, 0.5) is 5.69 Å². The molecule has 10 heteroatoms. The summed E-state index contributed by atoms with van der Waals surface area (Å²) in [4.78, 5) is 29.3. The van der Waals surface area contributed by atoms with E-state index in [0.717, 1.165) is 39.1 Å². The SMILES string of the molecule is CC[C@@H](C(=O)NC1CCCC1)N(Cc1cccc(OC)c1)C(=O)CN(c1ccc(I)cc1)S(=O)(=O)c1ccccc1. The Bertz CT molecular complexity index is 1430. The van der Waals surface area contributed by atoms with Crippen LogP contribution < -0.4 is 14.4 Å². The standard InChI is InChI=1S/C31H36IN3O5S/c1-3-29(31(37)33-25-11-7-8-12-25)34(21-23-10-9-13-27(20-23)40-2)30(36)22-35(26-18-16-24(32)17-19-26)41(38,39)28-14-5-4-6-15-28/h4-6,9-10,13-20,25,29H,3,7-8,11-12,21-22H2,1-2H3,(H,33,37)/t29-/m0/s1. The van der Waals surface area contributed by atoms with Gasteiger partial charge < -0.3 is 15.0 Å². The molecular formula is C31H36IN3O5S. The van der Waals surface area contributed by atoms with Crippen molar-refractivity contribution in [3.05, 3.63) is 88.0 Å². The fourth-order valence-electron chi connectivity index (χ4n) is 5.11. The molecule has 2 amide bonds. The third kappa shape index (κ3) is 7.79. The Balaban J connectivity index is 1.71. The van der Waals surface area contributed by atoms with Crippen molar-refractivity contribution < 1.29 is 22.7 Å². The lowest BCUT2D eigenvalue weighted by molar-refractivity contribution is -0.140. The summed E-state index contributed by atoms with van der Waals surface area (Å²) in [5, 5.41) is 3.13. The summed E-state index contributed by atoms with van der Waals surface area (Å²) in [5.41, 5.74) is 1.14. The number of carbonyl (C=O) groups is 2. The van der Waals surface area contributed by atoms with E-state index in [2.05, 4.69) is 27.9 Å². The zero-order valence-corrected chi connectivity index (χ0v) is 26.3. The number of hydrogen-bond donors (Lipinski definition) is 1. The van der Waals surface area contributed by atoms with Gasteiger partial charge in [-0.15, -0.1) is 0 Å². The number of ether oxygens (including phenoxy) is 1. The van der Waals surface area contributed by atoms with Crippen LogP contribution in [0.1, 0.15) is 44.6 Å². The van der Waals surface area contributed by atoms with E-state index < -0.39 is 28.5 Å². The lowest BCUT2D eigenvalue weighted by atomic mass is 10.1. The van der Waals surface area contributed by atoms with Gasteiger partial charge in [-0.1, -0.05) is 50.1 Å². The Morgan fingerprint density at radius 1 is 1.00 bits per heavy atom. The molecule has 218 valence electrons. The molecule has 1 atom stereocenters. The maximum absolute atomic E-state index is 14.2. The number of amides is 2. The number of benzene rings is 3. The molecule has 8 nitrogen and oxygen atoms in total. The summed E-state index contributed by atoms with van der Waals surface area (Å²) in [7, 11) is -2.52. The largest absolute Gasteiger partial charge is 0.497 e. The molecule has 0 unspecified atom stereocenters. The Morgan fingerprint density at radius 2 is 1.68 bits per heavy atom. The molecule has 1 N–H and O–H groups in total. The number of carbonyl (C=O) groups excluding carboxylic acids is 2. The smallest absolute Gasteiger partial charge is 0.264 e. The first-order chi connectivity index (χ1) is 19.7. The number of methoxy groups -OCH3 is 1. The second kappa shape index (κ2) is 14.2. The minimum absolute atomic E-state index is 0.0803. The number of sulfonamides is 1. The summed E-state index contributed by atoms with van der Waals surface area (Å²) < 4.78 is 35.2. The molecule has 0 aromatic heterocycles. The van der Waals surface area contributed by atoms with Crippen molar-refractivity contribution in [1.29, 1.82) is 0 Å². The van der Waals surface area contributed by atoms with Crippen LogP contribution in [0.5, 0.6) is 5.75 Å². The van der Waals surface area contributed by atoms with Gasteiger partial charge in [0.2, 0.25) is 11.8 Å². The van der Waals surface area contributed by atoms with Gasteiger partial charge in [0.05, 0.1) is 17.7 Å². The molecular weight excluding hydrogens is 653 g/mol. The molecule has 0 heterocycles. The molecule has 0 aliphatic heterocycles. The van der Waals surface area contributed by atoms with E-state index >= 15 is 0 Å². The van der Waals surface area contributed by atoms with Gasteiger partial charge in [0.1, 0.15) is 18.3 Å². The van der Waals surface area contributed by atoms with Crippen molar-refractivity contribution in [1.82, 2.24) is 10.2 Å². The molecule has 1 saturated carbocycles. The van der Waals surface area contributed by atoms with Gasteiger partial charge in [-0.3, -0.25) is 13.9 Å². The van der Waals surface area contributed by atoms with E-state index in [0.29, 0.717) is 17.9 Å². The highest BCUT2D eigenvalue weighted by atomic mass is 127. The second-order valence-electron chi connectivity index (χ2n) is 10.1. The Morgan fingerprint density at radius 3 is 2.32 bits per heavy atom. The van der Waals surface area contributed by atoms with Crippen LogP contribution in [0.15, 0.2) is 83.8 Å². The van der Waals surface area contributed by atoms with Crippen LogP contribution in [0.25, 0.3) is 0 Å². The first-order valence-electron chi connectivity index (χ1n) is 13.8. The average molecular weight is 690 g/mol. The second-order valence-corrected chi connectivity index (χ2v) is 13.2. The molecule has 3 aromatic carbocycles. The van der Waals surface area contributed by atoms with Gasteiger partial charge in [-0.2, -0.15) is 0 Å². The molecule has 0 radical (unpaired) electrons. The number of halogens is 1. The number of nitrogens with zero attached hydrogens (tertiary/aromatic N) is 2. The zero-order chi connectivity index (χ0) is 29.4. The first kappa shape index (κ1) is 30.8. The summed E-state index contributed by atoms with van der Waals surface area (Å²) in [6, 6.07) is 21.7. The Labute approximate surface area is 256 Å². The zero-order valence-electron chi connectivity index (χ0n) is 23.3. The highest BCUT2D eigenvalue weighted by molar-refractivity contribution is 14.1. The van der Waals surface area contributed by atoms with Gasteiger partial charge in [-0.05, 0) is 95.9 Å². The van der Waals surface area contributed by atoms with E-state index in [1.807, 2.05) is 31.2 Å². The van der Waals surface area contributed by atoms with Crippen molar-refractivity contribution in [2.75, 3.05) is 18.0 Å².